The molecule has 0 aliphatic rings. The molecule has 15 nitrogen and oxygen atoms in total. The van der Waals surface area contributed by atoms with E-state index < -0.39 is 56.6 Å². The quantitative estimate of drug-likeness (QED) is 0.0479. The Balaban J connectivity index is 1.63. The summed E-state index contributed by atoms with van der Waals surface area (Å²) in [6.45, 7) is 3.34. The van der Waals surface area contributed by atoms with Crippen LogP contribution in [-0.2, 0) is 38.1 Å². The van der Waals surface area contributed by atoms with E-state index in [1.54, 1.807) is 19.1 Å². The molecule has 17 heteroatoms. The molecule has 2 amide bonds. The predicted molar refractivity (Wildman–Crippen MR) is 164 cm³/mol. The Kier molecular flexibility index (Phi) is 12.2. The number of amides is 2. The van der Waals surface area contributed by atoms with E-state index in [1.165, 1.54) is 35.2 Å². The van der Waals surface area contributed by atoms with Gasteiger partial charge in [0.25, 0.3) is 0 Å². The van der Waals surface area contributed by atoms with Crippen LogP contribution in [0.1, 0.15) is 42.9 Å². The lowest BCUT2D eigenvalue weighted by Crippen LogP contribution is -2.50. The number of anilines is 1. The van der Waals surface area contributed by atoms with E-state index in [0.29, 0.717) is 35.1 Å². The Hall–Kier alpha value is -3.42. The number of aryl methyl sites for hydroxylation is 1. The van der Waals surface area contributed by atoms with E-state index in [4.69, 9.17) is 10.2 Å². The zero-order valence-corrected chi connectivity index (χ0v) is 26.6. The van der Waals surface area contributed by atoms with Crippen molar-refractivity contribution in [2.24, 2.45) is 0 Å². The van der Waals surface area contributed by atoms with Gasteiger partial charge in [-0.2, -0.15) is 0 Å². The maximum atomic E-state index is 13.0. The van der Waals surface area contributed by atoms with E-state index in [2.05, 4.69) is 10.6 Å². The molecule has 0 aliphatic carbocycles. The van der Waals surface area contributed by atoms with E-state index in [-0.39, 0.29) is 30.6 Å². The minimum atomic E-state index is -5.12. The number of fused-ring (bicyclic) bond motifs is 1. The van der Waals surface area contributed by atoms with Crippen LogP contribution in [0.4, 0.5) is 5.69 Å². The van der Waals surface area contributed by atoms with Gasteiger partial charge < -0.3 is 45.5 Å². The molecule has 0 radical (unpaired) electrons. The van der Waals surface area contributed by atoms with Crippen molar-refractivity contribution in [3.05, 3.63) is 69.8 Å². The molecule has 45 heavy (non-hydrogen) atoms. The Bertz CT molecular complexity index is 1660. The fourth-order valence-electron chi connectivity index (χ4n) is 4.80. The van der Waals surface area contributed by atoms with Crippen molar-refractivity contribution >= 4 is 43.7 Å². The second-order valence-corrected chi connectivity index (χ2v) is 14.9. The standard InChI is InChI=1S/C28H38N4O11P2/c1-3-4-7-23(31-25(34)13-22-17(2)21-9-8-19(29)12-24(21)43-28(22)36)27(35)30-14-20(33)16-32-10-5-6-18(15-32)11-26(44(37,38)39)45(40,41)42/h5-6,8-10,12,15,20,23,26,33H,3-4,7,11,13-14,16H2,1-2H3,(H7-,29,30,31,34,35,36,37,38,39,40,41,42)/p+1. The van der Waals surface area contributed by atoms with Crippen molar-refractivity contribution in [3.63, 3.8) is 0 Å². The fourth-order valence-corrected chi connectivity index (χ4v) is 7.27. The van der Waals surface area contributed by atoms with Crippen molar-refractivity contribution in [1.82, 2.24) is 10.6 Å². The van der Waals surface area contributed by atoms with Crippen molar-refractivity contribution in [3.8, 4) is 0 Å². The number of nitrogen functional groups attached to an aromatic ring is 1. The van der Waals surface area contributed by atoms with Crippen LogP contribution in [0.3, 0.4) is 0 Å². The van der Waals surface area contributed by atoms with Gasteiger partial charge in [0.15, 0.2) is 24.3 Å². The summed E-state index contributed by atoms with van der Waals surface area (Å²) in [7, 11) is -10.2. The number of nitrogens with one attached hydrogen (secondary N) is 2. The predicted octanol–water partition coefficient (Wildman–Crippen LogP) is 0.590. The van der Waals surface area contributed by atoms with Crippen LogP contribution in [-0.4, -0.2) is 60.6 Å². The molecule has 0 fully saturated rings. The van der Waals surface area contributed by atoms with Gasteiger partial charge in [0, 0.05) is 41.7 Å². The first-order chi connectivity index (χ1) is 21.0. The molecule has 2 atom stereocenters. The summed E-state index contributed by atoms with van der Waals surface area (Å²) in [5, 5.41) is 14.3. The highest BCUT2D eigenvalue weighted by Gasteiger charge is 2.43. The summed E-state index contributed by atoms with van der Waals surface area (Å²) in [5.41, 5.74) is 6.75. The molecule has 0 aliphatic heterocycles. The lowest BCUT2D eigenvalue weighted by Gasteiger charge is -2.20. The highest BCUT2D eigenvalue weighted by atomic mass is 31.2. The molecule has 0 saturated carbocycles. The molecular weight excluding hydrogens is 630 g/mol. The Labute approximate surface area is 258 Å². The van der Waals surface area contributed by atoms with Crippen molar-refractivity contribution in [1.29, 1.82) is 0 Å². The van der Waals surface area contributed by atoms with Crippen LogP contribution in [0.25, 0.3) is 11.0 Å². The highest BCUT2D eigenvalue weighted by Crippen LogP contribution is 2.60. The van der Waals surface area contributed by atoms with Gasteiger partial charge in [0.2, 0.25) is 11.8 Å². The second kappa shape index (κ2) is 15.2. The smallest absolute Gasteiger partial charge is 0.341 e. The number of carbonyl (C=O) groups excluding carboxylic acids is 2. The van der Waals surface area contributed by atoms with Crippen LogP contribution in [0, 0.1) is 6.92 Å². The zero-order chi connectivity index (χ0) is 33.5. The number of aliphatic hydroxyl groups excluding tert-OH is 1. The van der Waals surface area contributed by atoms with Gasteiger partial charge in [0.05, 0.1) is 12.0 Å². The van der Waals surface area contributed by atoms with Gasteiger partial charge in [-0.25, -0.2) is 9.36 Å². The highest BCUT2D eigenvalue weighted by molar-refractivity contribution is 7.70. The minimum absolute atomic E-state index is 0.0702. The number of benzene rings is 1. The SMILES string of the molecule is CCCCC(NC(=O)Cc1c(C)c2ccc(N)cc2oc1=O)C(=O)NCC(O)C[n+]1cccc(CC(P(=O)(O)O)P(=O)(O)O)c1. The topological polar surface area (TPSA) is 254 Å². The summed E-state index contributed by atoms with van der Waals surface area (Å²) < 4.78 is 30.1. The first kappa shape index (κ1) is 36.1. The Morgan fingerprint density at radius 2 is 1.80 bits per heavy atom. The molecule has 2 unspecified atom stereocenters. The number of unbranched alkanes of at least 4 members (excludes halogenated alkanes) is 1. The van der Waals surface area contributed by atoms with Crippen LogP contribution in [0.5, 0.6) is 0 Å². The van der Waals surface area contributed by atoms with Crippen LogP contribution in [0.15, 0.2) is 51.9 Å². The molecule has 0 saturated heterocycles. The van der Waals surface area contributed by atoms with Crippen LogP contribution >= 0.6 is 15.2 Å². The average molecular weight is 670 g/mol. The summed E-state index contributed by atoms with van der Waals surface area (Å²) in [5.74, 6) is -1.10. The van der Waals surface area contributed by atoms with Crippen molar-refractivity contribution in [2.75, 3.05) is 12.3 Å². The van der Waals surface area contributed by atoms with Gasteiger partial charge in [-0.05, 0) is 37.1 Å². The summed E-state index contributed by atoms with van der Waals surface area (Å²) in [4.78, 5) is 76.2. The van der Waals surface area contributed by atoms with Gasteiger partial charge >= 0.3 is 20.8 Å². The van der Waals surface area contributed by atoms with Crippen molar-refractivity contribution < 1.29 is 52.4 Å². The van der Waals surface area contributed by atoms with E-state index in [0.717, 1.165) is 6.42 Å². The largest absolute Gasteiger partial charge is 0.422 e. The van der Waals surface area contributed by atoms with Gasteiger partial charge in [-0.3, -0.25) is 18.7 Å². The monoisotopic (exact) mass is 669 g/mol. The Morgan fingerprint density at radius 3 is 2.44 bits per heavy atom. The second-order valence-electron chi connectivity index (χ2n) is 10.9. The summed E-state index contributed by atoms with van der Waals surface area (Å²) in [6, 6.07) is 6.86. The molecule has 0 bridgehead atoms. The molecular formula is C28H39N4O11P2+. The van der Waals surface area contributed by atoms with Crippen LogP contribution in [0.2, 0.25) is 0 Å². The maximum absolute atomic E-state index is 13.0. The third-order valence-corrected chi connectivity index (χ3v) is 10.9. The first-order valence-corrected chi connectivity index (χ1v) is 17.5. The van der Waals surface area contributed by atoms with Gasteiger partial charge in [0.1, 0.15) is 17.7 Å². The number of aliphatic hydroxyl groups is 1. The molecule has 2 aromatic heterocycles. The third-order valence-electron chi connectivity index (χ3n) is 7.19. The van der Waals surface area contributed by atoms with Crippen LogP contribution < -0.4 is 26.6 Å². The lowest BCUT2D eigenvalue weighted by molar-refractivity contribution is -0.703. The van der Waals surface area contributed by atoms with Gasteiger partial charge in [-0.1, -0.05) is 19.8 Å². The molecule has 9 N–H and O–H groups in total. The molecule has 1 aromatic carbocycles. The number of pyridine rings is 1. The molecule has 0 spiro atoms. The lowest BCUT2D eigenvalue weighted by atomic mass is 10.0. The number of rotatable bonds is 15. The number of nitrogens with two attached hydrogens (primary N) is 1. The number of hydrogen-bond acceptors (Lipinski definition) is 8. The van der Waals surface area contributed by atoms with E-state index in [1.807, 2.05) is 6.92 Å². The third kappa shape index (κ3) is 10.3. The van der Waals surface area contributed by atoms with E-state index >= 15 is 0 Å². The zero-order valence-electron chi connectivity index (χ0n) is 24.8. The molecule has 246 valence electrons. The number of nitrogens with zero attached hydrogens (tertiary/aromatic N) is 1. The average Bonchev–Trinajstić information content (AvgIpc) is 2.93. The fraction of sp³-hybridized carbons (Fsp3) is 0.429. The number of hydrogen-bond donors (Lipinski definition) is 8. The number of aromatic nitrogens is 1. The molecule has 3 rings (SSSR count). The summed E-state index contributed by atoms with van der Waals surface area (Å²) >= 11 is 0. The minimum Gasteiger partial charge on any atom is -0.422 e. The van der Waals surface area contributed by atoms with Crippen molar-refractivity contribution in [2.45, 2.75) is 70.0 Å². The van der Waals surface area contributed by atoms with Gasteiger partial charge in [-0.15, -0.1) is 0 Å². The number of carbonyl (C=O) groups is 2. The normalized spacial score (nSPS) is 13.5. The molecule has 3 aromatic rings. The first-order valence-electron chi connectivity index (χ1n) is 14.1. The summed E-state index contributed by atoms with van der Waals surface area (Å²) in [6.07, 6.45) is 2.54. The van der Waals surface area contributed by atoms with E-state index in [9.17, 15) is 48.2 Å². The Morgan fingerprint density at radius 1 is 1.11 bits per heavy atom. The maximum Gasteiger partial charge on any atom is 0.341 e. The molecule has 2 heterocycles.